The van der Waals surface area contributed by atoms with E-state index >= 15 is 0 Å². The Morgan fingerprint density at radius 3 is 2.26 bits per heavy atom. The molecule has 0 saturated carbocycles. The normalized spacial score (nSPS) is 11.2. The molecule has 1 aromatic heterocycles. The van der Waals surface area contributed by atoms with E-state index in [1.807, 2.05) is 30.3 Å². The first kappa shape index (κ1) is 18.5. The predicted molar refractivity (Wildman–Crippen MR) is 101 cm³/mol. The van der Waals surface area contributed by atoms with Gasteiger partial charge in [0.1, 0.15) is 0 Å². The van der Waals surface area contributed by atoms with Gasteiger partial charge >= 0.3 is 0 Å². The van der Waals surface area contributed by atoms with Crippen molar-refractivity contribution in [3.63, 3.8) is 0 Å². The summed E-state index contributed by atoms with van der Waals surface area (Å²) >= 11 is 0. The minimum absolute atomic E-state index is 0.152. The van der Waals surface area contributed by atoms with Crippen LogP contribution in [0, 0.1) is 24.0 Å². The van der Waals surface area contributed by atoms with Crippen LogP contribution in [0.2, 0.25) is 0 Å². The molecule has 0 saturated heterocycles. The molecule has 0 aliphatic heterocycles. The SMILES string of the molecule is Cc1cc([N+](=O)[O-])cc(S(=O)(=O)Nc2cnc(-c3ccccc3)nc2)c1C. The molecule has 0 bridgehead atoms. The Bertz CT molecular complexity index is 1100. The second-order valence-corrected chi connectivity index (χ2v) is 7.56. The van der Waals surface area contributed by atoms with Crippen LogP contribution in [0.1, 0.15) is 11.1 Å². The number of hydrogen-bond acceptors (Lipinski definition) is 6. The third-order valence-corrected chi connectivity index (χ3v) is 5.55. The Morgan fingerprint density at radius 2 is 1.67 bits per heavy atom. The fourth-order valence-corrected chi connectivity index (χ4v) is 3.89. The lowest BCUT2D eigenvalue weighted by Gasteiger charge is -2.12. The maximum atomic E-state index is 12.7. The number of non-ortho nitro benzene ring substituents is 1. The zero-order valence-corrected chi connectivity index (χ0v) is 15.4. The maximum Gasteiger partial charge on any atom is 0.271 e. The maximum absolute atomic E-state index is 12.7. The summed E-state index contributed by atoms with van der Waals surface area (Å²) in [4.78, 5) is 18.6. The summed E-state index contributed by atoms with van der Waals surface area (Å²) in [6.45, 7) is 3.22. The number of nitro benzene ring substituents is 1. The van der Waals surface area contributed by atoms with Crippen molar-refractivity contribution in [1.82, 2.24) is 9.97 Å². The molecule has 138 valence electrons. The Hall–Kier alpha value is -3.33. The van der Waals surface area contributed by atoms with Crippen molar-refractivity contribution >= 4 is 21.4 Å². The molecular formula is C18H16N4O4S. The average molecular weight is 384 g/mol. The molecule has 27 heavy (non-hydrogen) atoms. The van der Waals surface area contributed by atoms with Gasteiger partial charge in [-0.25, -0.2) is 18.4 Å². The fourth-order valence-electron chi connectivity index (χ4n) is 2.52. The molecule has 1 heterocycles. The summed E-state index contributed by atoms with van der Waals surface area (Å²) in [6.07, 6.45) is 2.71. The lowest BCUT2D eigenvalue weighted by atomic mass is 10.1. The first-order chi connectivity index (χ1) is 12.8. The Balaban J connectivity index is 1.92. The molecule has 0 spiro atoms. The first-order valence-electron chi connectivity index (χ1n) is 7.94. The van der Waals surface area contributed by atoms with E-state index in [1.54, 1.807) is 13.8 Å². The van der Waals surface area contributed by atoms with Crippen molar-refractivity contribution in [3.8, 4) is 11.4 Å². The molecule has 0 amide bonds. The molecule has 0 aliphatic rings. The highest BCUT2D eigenvalue weighted by Gasteiger charge is 2.22. The van der Waals surface area contributed by atoms with E-state index in [0.29, 0.717) is 17.0 Å². The molecule has 3 aromatic rings. The highest BCUT2D eigenvalue weighted by molar-refractivity contribution is 7.92. The van der Waals surface area contributed by atoms with Crippen LogP contribution >= 0.6 is 0 Å². The zero-order chi connectivity index (χ0) is 19.6. The lowest BCUT2D eigenvalue weighted by molar-refractivity contribution is -0.385. The van der Waals surface area contributed by atoms with Gasteiger partial charge < -0.3 is 0 Å². The number of sulfonamides is 1. The summed E-state index contributed by atoms with van der Waals surface area (Å²) in [6, 6.07) is 11.6. The van der Waals surface area contributed by atoms with E-state index in [9.17, 15) is 18.5 Å². The molecular weight excluding hydrogens is 368 g/mol. The number of rotatable bonds is 5. The smallest absolute Gasteiger partial charge is 0.271 e. The lowest BCUT2D eigenvalue weighted by Crippen LogP contribution is -2.15. The molecule has 0 radical (unpaired) electrons. The van der Waals surface area contributed by atoms with Crippen molar-refractivity contribution in [2.75, 3.05) is 4.72 Å². The van der Waals surface area contributed by atoms with Crippen LogP contribution in [-0.4, -0.2) is 23.3 Å². The van der Waals surface area contributed by atoms with Crippen LogP contribution in [0.15, 0.2) is 59.8 Å². The number of nitrogens with zero attached hydrogens (tertiary/aromatic N) is 3. The van der Waals surface area contributed by atoms with Gasteiger partial charge in [0, 0.05) is 17.7 Å². The molecule has 3 rings (SSSR count). The Labute approximate surface area is 156 Å². The summed E-state index contributed by atoms with van der Waals surface area (Å²) < 4.78 is 27.8. The van der Waals surface area contributed by atoms with Gasteiger partial charge in [-0.15, -0.1) is 0 Å². The van der Waals surface area contributed by atoms with Crippen molar-refractivity contribution in [3.05, 3.63) is 76.1 Å². The first-order valence-corrected chi connectivity index (χ1v) is 9.42. The fraction of sp³-hybridized carbons (Fsp3) is 0.111. The number of nitrogens with one attached hydrogen (secondary N) is 1. The van der Waals surface area contributed by atoms with Crippen molar-refractivity contribution in [2.45, 2.75) is 18.7 Å². The van der Waals surface area contributed by atoms with Crippen LogP contribution in [0.25, 0.3) is 11.4 Å². The van der Waals surface area contributed by atoms with Gasteiger partial charge in [-0.05, 0) is 25.0 Å². The molecule has 0 aliphatic carbocycles. The van der Waals surface area contributed by atoms with E-state index < -0.39 is 14.9 Å². The van der Waals surface area contributed by atoms with Gasteiger partial charge in [0.2, 0.25) is 0 Å². The topological polar surface area (TPSA) is 115 Å². The van der Waals surface area contributed by atoms with Gasteiger partial charge in [0.25, 0.3) is 15.7 Å². The zero-order valence-electron chi connectivity index (χ0n) is 14.6. The van der Waals surface area contributed by atoms with E-state index in [-0.39, 0.29) is 16.3 Å². The van der Waals surface area contributed by atoms with E-state index in [1.165, 1.54) is 18.5 Å². The standard InChI is InChI=1S/C18H16N4O4S/c1-12-8-16(22(23)24)9-17(13(12)2)27(25,26)21-15-10-19-18(20-11-15)14-6-4-3-5-7-14/h3-11,21H,1-2H3. The van der Waals surface area contributed by atoms with Crippen molar-refractivity contribution in [1.29, 1.82) is 0 Å². The summed E-state index contributed by atoms with van der Waals surface area (Å²) in [7, 11) is -4.03. The summed E-state index contributed by atoms with van der Waals surface area (Å²) in [5, 5.41) is 11.0. The molecule has 8 nitrogen and oxygen atoms in total. The molecule has 2 aromatic carbocycles. The van der Waals surface area contributed by atoms with Crippen LogP contribution < -0.4 is 4.72 Å². The third-order valence-electron chi connectivity index (χ3n) is 4.04. The third kappa shape index (κ3) is 3.93. The van der Waals surface area contributed by atoms with Crippen molar-refractivity contribution in [2.24, 2.45) is 0 Å². The highest BCUT2D eigenvalue weighted by atomic mass is 32.2. The highest BCUT2D eigenvalue weighted by Crippen LogP contribution is 2.27. The van der Waals surface area contributed by atoms with Gasteiger partial charge in [-0.3, -0.25) is 14.8 Å². The van der Waals surface area contributed by atoms with Gasteiger partial charge in [0.05, 0.1) is 27.9 Å². The molecule has 0 atom stereocenters. The van der Waals surface area contributed by atoms with Crippen molar-refractivity contribution < 1.29 is 13.3 Å². The van der Waals surface area contributed by atoms with Gasteiger partial charge in [-0.2, -0.15) is 0 Å². The minimum Gasteiger partial charge on any atom is -0.276 e. The Morgan fingerprint density at radius 1 is 1.04 bits per heavy atom. The van der Waals surface area contributed by atoms with Crippen LogP contribution in [-0.2, 0) is 10.0 Å². The van der Waals surface area contributed by atoms with Gasteiger partial charge in [0.15, 0.2) is 5.82 Å². The molecule has 0 fully saturated rings. The number of anilines is 1. The van der Waals surface area contributed by atoms with E-state index in [0.717, 1.165) is 11.6 Å². The Kier molecular flexibility index (Phi) is 4.87. The summed E-state index contributed by atoms with van der Waals surface area (Å²) in [5.41, 5.74) is 1.64. The number of nitro groups is 1. The van der Waals surface area contributed by atoms with Crippen LogP contribution in [0.4, 0.5) is 11.4 Å². The average Bonchev–Trinajstić information content (AvgIpc) is 2.64. The number of aromatic nitrogens is 2. The van der Waals surface area contributed by atoms with E-state index in [2.05, 4.69) is 14.7 Å². The monoisotopic (exact) mass is 384 g/mol. The molecule has 9 heteroatoms. The largest absolute Gasteiger partial charge is 0.276 e. The molecule has 1 N–H and O–H groups in total. The van der Waals surface area contributed by atoms with Crippen LogP contribution in [0.3, 0.4) is 0 Å². The summed E-state index contributed by atoms with van der Waals surface area (Å²) in [5.74, 6) is 0.459. The van der Waals surface area contributed by atoms with Crippen LogP contribution in [0.5, 0.6) is 0 Å². The number of benzene rings is 2. The number of hydrogen-bond donors (Lipinski definition) is 1. The van der Waals surface area contributed by atoms with E-state index in [4.69, 9.17) is 0 Å². The second kappa shape index (κ2) is 7.12. The second-order valence-electron chi connectivity index (χ2n) is 5.91. The quantitative estimate of drug-likeness (QED) is 0.532. The predicted octanol–water partition coefficient (Wildman–Crippen LogP) is 3.47. The number of aryl methyl sites for hydroxylation is 1. The minimum atomic E-state index is -4.03. The van der Waals surface area contributed by atoms with Gasteiger partial charge in [-0.1, -0.05) is 30.3 Å². The molecule has 0 unspecified atom stereocenters.